The fourth-order valence-corrected chi connectivity index (χ4v) is 8.16. The van der Waals surface area contributed by atoms with Crippen molar-refractivity contribution in [2.45, 2.75) is 196 Å². The molecule has 0 aliphatic carbocycles. The molecule has 3 aromatic rings. The third kappa shape index (κ3) is 22.7. The van der Waals surface area contributed by atoms with E-state index in [0.717, 1.165) is 87.3 Å². The average Bonchev–Trinajstić information content (AvgIpc) is 3.30. The number of halogens is 3. The van der Waals surface area contributed by atoms with Gasteiger partial charge in [0.25, 0.3) is 0 Å². The lowest BCUT2D eigenvalue weighted by atomic mass is 9.80. The summed E-state index contributed by atoms with van der Waals surface area (Å²) < 4.78 is 22.4. The number of amides is 1. The number of carbonyl (C=O) groups excluding carboxylic acids is 3. The maximum absolute atomic E-state index is 13.4. The Morgan fingerprint density at radius 1 is 0.515 bits per heavy atom. The Morgan fingerprint density at radius 2 is 0.894 bits per heavy atom. The van der Waals surface area contributed by atoms with Crippen LogP contribution in [-0.2, 0) is 34.1 Å². The number of hydrogen-bond donors (Lipinski definition) is 1. The molecule has 0 bridgehead atoms. The van der Waals surface area contributed by atoms with Crippen molar-refractivity contribution in [2.24, 2.45) is 0 Å². The van der Waals surface area contributed by atoms with Gasteiger partial charge in [0.05, 0.1) is 6.61 Å². The third-order valence-corrected chi connectivity index (χ3v) is 13.5. The number of alkyl carbamates (subject to hydrolysis) is 1. The molecule has 0 saturated carbocycles. The molecule has 1 N–H and O–H groups in total. The molecule has 0 fully saturated rings. The van der Waals surface area contributed by atoms with Crippen molar-refractivity contribution in [3.05, 3.63) is 108 Å². The van der Waals surface area contributed by atoms with E-state index in [-0.39, 0.29) is 31.6 Å². The van der Waals surface area contributed by atoms with Gasteiger partial charge < -0.3 is 24.3 Å². The van der Waals surface area contributed by atoms with Crippen LogP contribution in [-0.4, -0.2) is 53.3 Å². The fourth-order valence-electron chi connectivity index (χ4n) is 8.04. The monoisotopic (exact) mass is 972 g/mol. The lowest BCUT2D eigenvalue weighted by Gasteiger charge is -2.37. The first-order valence-electron chi connectivity index (χ1n) is 25.1. The summed E-state index contributed by atoms with van der Waals surface area (Å²) in [6.45, 7) is 5.80. The van der Waals surface area contributed by atoms with Gasteiger partial charge in [0, 0.05) is 19.4 Å². The Bertz CT molecular complexity index is 1630. The van der Waals surface area contributed by atoms with Gasteiger partial charge in [-0.2, -0.15) is 0 Å². The Labute approximate surface area is 412 Å². The van der Waals surface area contributed by atoms with Gasteiger partial charge in [-0.15, -0.1) is 0 Å². The van der Waals surface area contributed by atoms with E-state index in [1.54, 1.807) is 13.8 Å². The molecule has 3 aromatic carbocycles. The molecule has 0 spiro atoms. The molecule has 0 heterocycles. The van der Waals surface area contributed by atoms with Gasteiger partial charge in [-0.1, -0.05) is 255 Å². The molecule has 0 unspecified atom stereocenters. The lowest BCUT2D eigenvalue weighted by Crippen LogP contribution is -2.44. The number of benzene rings is 3. The van der Waals surface area contributed by atoms with Crippen molar-refractivity contribution in [3.8, 4) is 0 Å². The van der Waals surface area contributed by atoms with Crippen LogP contribution in [0.25, 0.3) is 0 Å². The number of hydrogen-bond acceptors (Lipinski definition) is 7. The molecule has 66 heavy (non-hydrogen) atoms. The molecular formula is C55H80Cl3NO7. The standard InChI is InChI=1S/C55H80Cl3NO7/c1-4-5-6-7-8-9-10-11-12-14-17-20-32-41-50(60)63-44-49(45-64-54(46-35-26-23-27-36-46,47-37-28-24-29-38-47)48-39-30-25-31-40-48)65-51(61)42-33-21-18-15-13-16-19-22-34-43-59-52(62)66-53(2,3)55(56,57)58/h23-31,35-40,49H,4-22,32-34,41-45H2,1-3H3,(H,59,62)/t49-/m1/s1. The summed E-state index contributed by atoms with van der Waals surface area (Å²) in [7, 11) is 0. The van der Waals surface area contributed by atoms with Crippen LogP contribution in [0.3, 0.4) is 0 Å². The second-order valence-corrected chi connectivity index (χ2v) is 20.4. The highest BCUT2D eigenvalue weighted by Crippen LogP contribution is 2.41. The SMILES string of the molecule is CCCCCCCCCCCCCCCC(=O)OC[C@H](COC(c1ccccc1)(c1ccccc1)c1ccccc1)OC(=O)CCCCCCCCCCCNC(=O)OC(C)(C)C(Cl)(Cl)Cl. The zero-order valence-corrected chi connectivity index (χ0v) is 42.6. The van der Waals surface area contributed by atoms with Crippen LogP contribution < -0.4 is 5.32 Å². The molecular weight excluding hydrogens is 893 g/mol. The van der Waals surface area contributed by atoms with Crippen LogP contribution in [0.4, 0.5) is 4.79 Å². The summed E-state index contributed by atoms with van der Waals surface area (Å²) in [4.78, 5) is 38.5. The lowest BCUT2D eigenvalue weighted by molar-refractivity contribution is -0.165. The number of nitrogens with one attached hydrogen (secondary N) is 1. The molecule has 0 aromatic heterocycles. The number of rotatable bonds is 36. The molecule has 0 radical (unpaired) electrons. The van der Waals surface area contributed by atoms with Crippen LogP contribution in [0.5, 0.6) is 0 Å². The van der Waals surface area contributed by atoms with Gasteiger partial charge in [-0.25, -0.2) is 4.79 Å². The van der Waals surface area contributed by atoms with Crippen molar-refractivity contribution >= 4 is 52.8 Å². The summed E-state index contributed by atoms with van der Waals surface area (Å²) in [5.74, 6) is -0.604. The normalized spacial score (nSPS) is 12.4. The Morgan fingerprint density at radius 3 is 1.30 bits per heavy atom. The van der Waals surface area contributed by atoms with E-state index in [4.69, 9.17) is 53.8 Å². The molecule has 1 amide bonds. The first kappa shape index (κ1) is 57.0. The van der Waals surface area contributed by atoms with Gasteiger partial charge in [-0.3, -0.25) is 9.59 Å². The Hall–Kier alpha value is -3.30. The zero-order valence-electron chi connectivity index (χ0n) is 40.3. The Balaban J connectivity index is 1.47. The molecule has 368 valence electrons. The minimum Gasteiger partial charge on any atom is -0.462 e. The summed E-state index contributed by atoms with van der Waals surface area (Å²) in [6.07, 6.45) is 24.1. The van der Waals surface area contributed by atoms with Crippen LogP contribution >= 0.6 is 34.8 Å². The zero-order chi connectivity index (χ0) is 47.8. The number of ether oxygens (including phenoxy) is 4. The van der Waals surface area contributed by atoms with Gasteiger partial charge in [0.1, 0.15) is 12.2 Å². The van der Waals surface area contributed by atoms with E-state index < -0.39 is 27.2 Å². The smallest absolute Gasteiger partial charge is 0.407 e. The fraction of sp³-hybridized carbons (Fsp3) is 0.618. The largest absolute Gasteiger partial charge is 0.462 e. The van der Waals surface area contributed by atoms with E-state index in [2.05, 4.69) is 12.2 Å². The molecule has 0 aliphatic heterocycles. The average molecular weight is 974 g/mol. The van der Waals surface area contributed by atoms with Gasteiger partial charge in [0.2, 0.25) is 3.79 Å². The van der Waals surface area contributed by atoms with Crippen molar-refractivity contribution in [1.82, 2.24) is 5.32 Å². The van der Waals surface area contributed by atoms with Crippen LogP contribution in [0.15, 0.2) is 91.0 Å². The molecule has 0 aliphatic rings. The van der Waals surface area contributed by atoms with Crippen molar-refractivity contribution in [2.75, 3.05) is 19.8 Å². The van der Waals surface area contributed by atoms with Crippen LogP contribution in [0.1, 0.15) is 192 Å². The summed E-state index contributed by atoms with van der Waals surface area (Å²) in [6, 6.07) is 30.2. The van der Waals surface area contributed by atoms with E-state index in [1.165, 1.54) is 64.2 Å². The molecule has 11 heteroatoms. The minimum atomic E-state index is -1.72. The highest BCUT2D eigenvalue weighted by molar-refractivity contribution is 6.68. The second kappa shape index (κ2) is 33.2. The number of alkyl halides is 3. The van der Waals surface area contributed by atoms with Crippen molar-refractivity contribution in [3.63, 3.8) is 0 Å². The van der Waals surface area contributed by atoms with Crippen LogP contribution in [0.2, 0.25) is 0 Å². The highest BCUT2D eigenvalue weighted by Gasteiger charge is 2.44. The number of carbonyl (C=O) groups is 3. The summed E-state index contributed by atoms with van der Waals surface area (Å²) in [5, 5.41) is 2.72. The van der Waals surface area contributed by atoms with Crippen molar-refractivity contribution in [1.29, 1.82) is 0 Å². The molecule has 8 nitrogen and oxygen atoms in total. The predicted octanol–water partition coefficient (Wildman–Crippen LogP) is 15.7. The first-order chi connectivity index (χ1) is 31.9. The number of unbranched alkanes of at least 4 members (excludes halogenated alkanes) is 20. The van der Waals surface area contributed by atoms with Gasteiger partial charge >= 0.3 is 18.0 Å². The van der Waals surface area contributed by atoms with Gasteiger partial charge in [-0.05, 0) is 49.8 Å². The van der Waals surface area contributed by atoms with Crippen LogP contribution in [0, 0.1) is 0 Å². The molecule has 3 rings (SSSR count). The van der Waals surface area contributed by atoms with E-state index in [1.807, 2.05) is 91.0 Å². The van der Waals surface area contributed by atoms with E-state index in [0.29, 0.717) is 19.4 Å². The van der Waals surface area contributed by atoms with E-state index in [9.17, 15) is 14.4 Å². The molecule has 0 saturated heterocycles. The quantitative estimate of drug-likeness (QED) is 0.0204. The highest BCUT2D eigenvalue weighted by atomic mass is 35.6. The minimum absolute atomic E-state index is 0.0193. The number of esters is 2. The predicted molar refractivity (Wildman–Crippen MR) is 271 cm³/mol. The maximum atomic E-state index is 13.4. The topological polar surface area (TPSA) is 100 Å². The molecule has 1 atom stereocenters. The summed E-state index contributed by atoms with van der Waals surface area (Å²) in [5.41, 5.74) is 0.548. The van der Waals surface area contributed by atoms with E-state index >= 15 is 0 Å². The second-order valence-electron chi connectivity index (χ2n) is 18.1. The summed E-state index contributed by atoms with van der Waals surface area (Å²) >= 11 is 17.7. The maximum Gasteiger partial charge on any atom is 0.407 e. The Kier molecular flexibility index (Phi) is 28.7. The third-order valence-electron chi connectivity index (χ3n) is 12.1. The first-order valence-corrected chi connectivity index (χ1v) is 26.2. The van der Waals surface area contributed by atoms with Crippen molar-refractivity contribution < 1.29 is 33.3 Å². The van der Waals surface area contributed by atoms with Gasteiger partial charge in [0.15, 0.2) is 11.7 Å².